The molecule has 92 valence electrons. The first-order chi connectivity index (χ1) is 7.68. The quantitative estimate of drug-likeness (QED) is 0.685. The van der Waals surface area contributed by atoms with Gasteiger partial charge in [-0.2, -0.15) is 0 Å². The van der Waals surface area contributed by atoms with Crippen LogP contribution in [0.4, 0.5) is 0 Å². The fourth-order valence-corrected chi connectivity index (χ4v) is 1.26. The van der Waals surface area contributed by atoms with Gasteiger partial charge in [0.05, 0.1) is 13.2 Å². The van der Waals surface area contributed by atoms with Crippen LogP contribution in [0.3, 0.4) is 0 Å². The zero-order chi connectivity index (χ0) is 12.4. The zero-order valence-electron chi connectivity index (χ0n) is 10.8. The second kappa shape index (κ2) is 9.31. The molecule has 3 nitrogen and oxygen atoms in total. The molecule has 0 spiro atoms. The van der Waals surface area contributed by atoms with Gasteiger partial charge in [-0.15, -0.1) is 0 Å². The van der Waals surface area contributed by atoms with Crippen molar-refractivity contribution in [2.75, 3.05) is 32.8 Å². The van der Waals surface area contributed by atoms with E-state index in [1.54, 1.807) is 6.21 Å². The van der Waals surface area contributed by atoms with E-state index in [9.17, 15) is 0 Å². The molecule has 0 amide bonds. The lowest BCUT2D eigenvalue weighted by atomic mass is 10.3. The minimum absolute atomic E-state index is 0.817. The third-order valence-corrected chi connectivity index (χ3v) is 1.98. The Bertz CT molecular complexity index is 240. The van der Waals surface area contributed by atoms with E-state index in [-0.39, 0.29) is 0 Å². The van der Waals surface area contributed by atoms with Crippen molar-refractivity contribution in [3.63, 3.8) is 0 Å². The largest absolute Gasteiger partial charge is 0.379 e. The lowest BCUT2D eigenvalue weighted by molar-refractivity contribution is 0.0422. The SMILES string of the molecule is C=C(C)C=NC(=C)CN1CCOCC1.CC. The maximum atomic E-state index is 5.26. The van der Waals surface area contributed by atoms with Crippen molar-refractivity contribution in [2.45, 2.75) is 20.8 Å². The molecule has 0 radical (unpaired) electrons. The molecule has 1 aliphatic rings. The van der Waals surface area contributed by atoms with Gasteiger partial charge < -0.3 is 4.74 Å². The van der Waals surface area contributed by atoms with E-state index >= 15 is 0 Å². The summed E-state index contributed by atoms with van der Waals surface area (Å²) in [5.41, 5.74) is 1.84. The Hall–Kier alpha value is -0.930. The number of ether oxygens (including phenoxy) is 1. The number of hydrogen-bond donors (Lipinski definition) is 0. The molecule has 0 saturated carbocycles. The first kappa shape index (κ1) is 15.1. The van der Waals surface area contributed by atoms with E-state index in [4.69, 9.17) is 4.74 Å². The highest BCUT2D eigenvalue weighted by molar-refractivity contribution is 5.77. The van der Waals surface area contributed by atoms with Crippen molar-refractivity contribution in [3.05, 3.63) is 24.4 Å². The second-order valence-corrected chi connectivity index (χ2v) is 3.56. The molecule has 0 aromatic heterocycles. The lowest BCUT2D eigenvalue weighted by Gasteiger charge is -2.26. The summed E-state index contributed by atoms with van der Waals surface area (Å²) in [5.74, 6) is 0. The topological polar surface area (TPSA) is 24.8 Å². The molecule has 1 saturated heterocycles. The number of aliphatic imine (C=N–C) groups is 1. The summed E-state index contributed by atoms with van der Waals surface area (Å²) >= 11 is 0. The van der Waals surface area contributed by atoms with Gasteiger partial charge in [-0.1, -0.05) is 27.0 Å². The summed E-state index contributed by atoms with van der Waals surface area (Å²) in [6, 6.07) is 0. The average molecular weight is 224 g/mol. The van der Waals surface area contributed by atoms with Crippen LogP contribution in [0.15, 0.2) is 29.4 Å². The Morgan fingerprint density at radius 1 is 1.31 bits per heavy atom. The number of nitrogens with zero attached hydrogens (tertiary/aromatic N) is 2. The van der Waals surface area contributed by atoms with Crippen molar-refractivity contribution >= 4 is 6.21 Å². The van der Waals surface area contributed by atoms with E-state index in [2.05, 4.69) is 23.1 Å². The molecule has 1 rings (SSSR count). The average Bonchev–Trinajstić information content (AvgIpc) is 2.30. The van der Waals surface area contributed by atoms with Gasteiger partial charge in [0.1, 0.15) is 0 Å². The Kier molecular flexibility index (Phi) is 8.77. The molecule has 0 aromatic rings. The van der Waals surface area contributed by atoms with Gasteiger partial charge in [0.2, 0.25) is 0 Å². The Balaban J connectivity index is 0.00000106. The molecular formula is C13H24N2O. The van der Waals surface area contributed by atoms with Crippen molar-refractivity contribution < 1.29 is 4.74 Å². The molecule has 16 heavy (non-hydrogen) atoms. The number of allylic oxidation sites excluding steroid dienone is 1. The van der Waals surface area contributed by atoms with E-state index in [1.807, 2.05) is 20.8 Å². The van der Waals surface area contributed by atoms with Gasteiger partial charge >= 0.3 is 0 Å². The first-order valence-corrected chi connectivity index (χ1v) is 5.86. The van der Waals surface area contributed by atoms with Gasteiger partial charge in [0, 0.05) is 31.5 Å². The molecule has 3 heteroatoms. The molecule has 0 bridgehead atoms. The van der Waals surface area contributed by atoms with E-state index in [1.165, 1.54) is 0 Å². The molecule has 0 aromatic carbocycles. The number of morpholine rings is 1. The van der Waals surface area contributed by atoms with Gasteiger partial charge in [0.25, 0.3) is 0 Å². The second-order valence-electron chi connectivity index (χ2n) is 3.56. The van der Waals surface area contributed by atoms with Crippen LogP contribution in [0.25, 0.3) is 0 Å². The standard InChI is InChI=1S/C11H18N2O.C2H6/c1-10(2)8-12-11(3)9-13-4-6-14-7-5-13;1-2/h8H,1,3-7,9H2,2H3;1-2H3. The third kappa shape index (κ3) is 7.37. The summed E-state index contributed by atoms with van der Waals surface area (Å²) in [6.07, 6.45) is 1.75. The van der Waals surface area contributed by atoms with Crippen LogP contribution < -0.4 is 0 Å². The Morgan fingerprint density at radius 3 is 2.38 bits per heavy atom. The van der Waals surface area contributed by atoms with Crippen LogP contribution in [0.5, 0.6) is 0 Å². The Morgan fingerprint density at radius 2 is 1.88 bits per heavy atom. The highest BCUT2D eigenvalue weighted by atomic mass is 16.5. The molecule has 0 aliphatic carbocycles. The van der Waals surface area contributed by atoms with Crippen molar-refractivity contribution in [3.8, 4) is 0 Å². The number of hydrogen-bond acceptors (Lipinski definition) is 3. The van der Waals surface area contributed by atoms with Gasteiger partial charge in [-0.25, -0.2) is 0 Å². The summed E-state index contributed by atoms with van der Waals surface area (Å²) in [7, 11) is 0. The van der Waals surface area contributed by atoms with Crippen LogP contribution in [0.1, 0.15) is 20.8 Å². The molecule has 0 atom stereocenters. The number of rotatable bonds is 4. The van der Waals surface area contributed by atoms with Crippen LogP contribution in [-0.4, -0.2) is 44.0 Å². The summed E-state index contributed by atoms with van der Waals surface area (Å²) < 4.78 is 5.26. The highest BCUT2D eigenvalue weighted by Gasteiger charge is 2.10. The highest BCUT2D eigenvalue weighted by Crippen LogP contribution is 2.02. The van der Waals surface area contributed by atoms with Crippen molar-refractivity contribution in [1.29, 1.82) is 0 Å². The third-order valence-electron chi connectivity index (χ3n) is 1.98. The normalized spacial score (nSPS) is 16.7. The van der Waals surface area contributed by atoms with E-state index in [0.29, 0.717) is 0 Å². The summed E-state index contributed by atoms with van der Waals surface area (Å²) in [5, 5.41) is 0. The minimum Gasteiger partial charge on any atom is -0.379 e. The fourth-order valence-electron chi connectivity index (χ4n) is 1.26. The van der Waals surface area contributed by atoms with E-state index < -0.39 is 0 Å². The van der Waals surface area contributed by atoms with Crippen molar-refractivity contribution in [2.24, 2.45) is 4.99 Å². The van der Waals surface area contributed by atoms with Gasteiger partial charge in [-0.3, -0.25) is 9.89 Å². The molecule has 1 heterocycles. The molecular weight excluding hydrogens is 200 g/mol. The Labute approximate surface area is 99.5 Å². The summed E-state index contributed by atoms with van der Waals surface area (Å²) in [4.78, 5) is 6.51. The first-order valence-electron chi connectivity index (χ1n) is 5.86. The lowest BCUT2D eigenvalue weighted by Crippen LogP contribution is -2.37. The van der Waals surface area contributed by atoms with Crippen LogP contribution in [-0.2, 0) is 4.74 Å². The van der Waals surface area contributed by atoms with Crippen LogP contribution in [0.2, 0.25) is 0 Å². The monoisotopic (exact) mass is 224 g/mol. The predicted octanol–water partition coefficient (Wildman–Crippen LogP) is 2.51. The molecule has 0 unspecified atom stereocenters. The van der Waals surface area contributed by atoms with Crippen LogP contribution in [0, 0.1) is 0 Å². The van der Waals surface area contributed by atoms with Crippen molar-refractivity contribution in [1.82, 2.24) is 4.90 Å². The minimum atomic E-state index is 0.817. The fraction of sp³-hybridized carbons (Fsp3) is 0.615. The predicted molar refractivity (Wildman–Crippen MR) is 71.1 cm³/mol. The summed E-state index contributed by atoms with van der Waals surface area (Å²) in [6.45, 7) is 18.0. The van der Waals surface area contributed by atoms with Gasteiger partial charge in [0.15, 0.2) is 0 Å². The van der Waals surface area contributed by atoms with Crippen LogP contribution >= 0.6 is 0 Å². The smallest absolute Gasteiger partial charge is 0.0594 e. The molecule has 0 N–H and O–H groups in total. The maximum Gasteiger partial charge on any atom is 0.0594 e. The van der Waals surface area contributed by atoms with E-state index in [0.717, 1.165) is 44.1 Å². The molecule has 1 aliphatic heterocycles. The zero-order valence-corrected chi connectivity index (χ0v) is 10.8. The molecule has 1 fully saturated rings. The maximum absolute atomic E-state index is 5.26. The van der Waals surface area contributed by atoms with Gasteiger partial charge in [-0.05, 0) is 12.5 Å².